The van der Waals surface area contributed by atoms with Gasteiger partial charge in [0, 0.05) is 5.56 Å². The van der Waals surface area contributed by atoms with Crippen LogP contribution < -0.4 is 10.9 Å². The SMILES string of the molecule is Cc1cc(C)c2[nH]c(=O)c(C[NH2+]Cc3ccccc3)cc2c1. The summed E-state index contributed by atoms with van der Waals surface area (Å²) in [7, 11) is 0. The number of nitrogens with two attached hydrogens (primary N) is 1. The number of quaternary nitrogens is 1. The fraction of sp³-hybridized carbons (Fsp3) is 0.211. The first-order chi connectivity index (χ1) is 10.6. The van der Waals surface area contributed by atoms with Gasteiger partial charge in [-0.15, -0.1) is 0 Å². The zero-order valence-corrected chi connectivity index (χ0v) is 13.0. The number of benzene rings is 2. The van der Waals surface area contributed by atoms with Crippen molar-refractivity contribution in [1.29, 1.82) is 0 Å². The number of aryl methyl sites for hydroxylation is 2. The second kappa shape index (κ2) is 6.16. The van der Waals surface area contributed by atoms with Gasteiger partial charge in [0.05, 0.1) is 11.1 Å². The highest BCUT2D eigenvalue weighted by Gasteiger charge is 2.07. The van der Waals surface area contributed by atoms with Gasteiger partial charge < -0.3 is 10.3 Å². The second-order valence-corrected chi connectivity index (χ2v) is 5.85. The number of nitrogens with one attached hydrogen (secondary N) is 1. The molecule has 0 amide bonds. The summed E-state index contributed by atoms with van der Waals surface area (Å²) >= 11 is 0. The molecule has 3 rings (SSSR count). The Morgan fingerprint density at radius 2 is 1.77 bits per heavy atom. The van der Waals surface area contributed by atoms with Crippen LogP contribution in [-0.2, 0) is 13.1 Å². The summed E-state index contributed by atoms with van der Waals surface area (Å²) in [6.45, 7) is 5.68. The molecular formula is C19H21N2O+. The Morgan fingerprint density at radius 3 is 2.55 bits per heavy atom. The largest absolute Gasteiger partial charge is 0.339 e. The molecule has 0 saturated heterocycles. The Morgan fingerprint density at radius 1 is 1.00 bits per heavy atom. The van der Waals surface area contributed by atoms with Gasteiger partial charge in [0.2, 0.25) is 0 Å². The highest BCUT2D eigenvalue weighted by molar-refractivity contribution is 5.82. The van der Waals surface area contributed by atoms with Crippen LogP contribution in [0.15, 0.2) is 53.3 Å². The number of rotatable bonds is 4. The molecular weight excluding hydrogens is 272 g/mol. The number of hydrogen-bond acceptors (Lipinski definition) is 1. The Balaban J connectivity index is 1.82. The van der Waals surface area contributed by atoms with E-state index in [0.29, 0.717) is 6.54 Å². The highest BCUT2D eigenvalue weighted by atomic mass is 16.1. The van der Waals surface area contributed by atoms with Crippen molar-refractivity contribution in [2.45, 2.75) is 26.9 Å². The van der Waals surface area contributed by atoms with E-state index in [1.807, 2.05) is 31.2 Å². The monoisotopic (exact) mass is 293 g/mol. The molecule has 0 saturated carbocycles. The third-order valence-electron chi connectivity index (χ3n) is 3.96. The van der Waals surface area contributed by atoms with Crippen LogP contribution in [0.2, 0.25) is 0 Å². The minimum absolute atomic E-state index is 0.0174. The Bertz CT molecular complexity index is 850. The Labute approximate surface area is 130 Å². The molecule has 0 spiro atoms. The molecule has 3 aromatic rings. The maximum absolute atomic E-state index is 12.2. The van der Waals surface area contributed by atoms with Crippen molar-refractivity contribution >= 4 is 10.9 Å². The van der Waals surface area contributed by atoms with Gasteiger partial charge >= 0.3 is 0 Å². The van der Waals surface area contributed by atoms with Crippen LogP contribution in [-0.4, -0.2) is 4.98 Å². The molecule has 0 aliphatic carbocycles. The number of hydrogen-bond donors (Lipinski definition) is 2. The van der Waals surface area contributed by atoms with Gasteiger partial charge in [0.25, 0.3) is 5.56 Å². The van der Waals surface area contributed by atoms with E-state index >= 15 is 0 Å². The van der Waals surface area contributed by atoms with Gasteiger partial charge in [-0.3, -0.25) is 4.79 Å². The number of H-pyrrole nitrogens is 1. The summed E-state index contributed by atoms with van der Waals surface area (Å²) in [4.78, 5) is 15.3. The minimum atomic E-state index is 0.0174. The van der Waals surface area contributed by atoms with Crippen molar-refractivity contribution in [3.05, 3.63) is 81.1 Å². The van der Waals surface area contributed by atoms with E-state index in [4.69, 9.17) is 0 Å². The second-order valence-electron chi connectivity index (χ2n) is 5.85. The average molecular weight is 293 g/mol. The maximum Gasteiger partial charge on any atom is 0.257 e. The van der Waals surface area contributed by atoms with Crippen LogP contribution in [0, 0.1) is 13.8 Å². The molecule has 0 aliphatic rings. The molecule has 1 heterocycles. The van der Waals surface area contributed by atoms with Gasteiger partial charge in [-0.1, -0.05) is 42.0 Å². The van der Waals surface area contributed by atoms with Crippen LogP contribution in [0.4, 0.5) is 0 Å². The number of pyridine rings is 1. The molecule has 1 aromatic heterocycles. The third kappa shape index (κ3) is 3.10. The van der Waals surface area contributed by atoms with E-state index in [9.17, 15) is 4.79 Å². The Kier molecular flexibility index (Phi) is 4.07. The lowest BCUT2D eigenvalue weighted by molar-refractivity contribution is -0.686. The summed E-state index contributed by atoms with van der Waals surface area (Å²) in [5.74, 6) is 0. The van der Waals surface area contributed by atoms with Crippen LogP contribution >= 0.6 is 0 Å². The molecule has 22 heavy (non-hydrogen) atoms. The van der Waals surface area contributed by atoms with Crippen LogP contribution in [0.3, 0.4) is 0 Å². The zero-order valence-electron chi connectivity index (χ0n) is 13.0. The van der Waals surface area contributed by atoms with Crippen molar-refractivity contribution < 1.29 is 5.32 Å². The predicted octanol–water partition coefficient (Wildman–Crippen LogP) is 2.41. The molecule has 0 fully saturated rings. The van der Waals surface area contributed by atoms with Gasteiger partial charge in [0.15, 0.2) is 0 Å². The molecule has 0 aliphatic heterocycles. The summed E-state index contributed by atoms with van der Waals surface area (Å²) in [5.41, 5.74) is 5.40. The van der Waals surface area contributed by atoms with E-state index in [2.05, 4.69) is 41.5 Å². The highest BCUT2D eigenvalue weighted by Crippen LogP contribution is 2.17. The van der Waals surface area contributed by atoms with E-state index in [0.717, 1.165) is 28.6 Å². The van der Waals surface area contributed by atoms with Gasteiger partial charge in [-0.05, 0) is 36.9 Å². The summed E-state index contributed by atoms with van der Waals surface area (Å²) in [6.07, 6.45) is 0. The molecule has 112 valence electrons. The molecule has 0 radical (unpaired) electrons. The Hall–Kier alpha value is -2.39. The van der Waals surface area contributed by atoms with E-state index in [1.54, 1.807) is 0 Å². The van der Waals surface area contributed by atoms with Gasteiger partial charge in [-0.25, -0.2) is 0 Å². The number of fused-ring (bicyclic) bond motifs is 1. The van der Waals surface area contributed by atoms with Crippen molar-refractivity contribution in [3.63, 3.8) is 0 Å². The number of aromatic nitrogens is 1. The van der Waals surface area contributed by atoms with Crippen LogP contribution in [0.5, 0.6) is 0 Å². The van der Waals surface area contributed by atoms with Crippen molar-refractivity contribution in [3.8, 4) is 0 Å². The number of aromatic amines is 1. The summed E-state index contributed by atoms with van der Waals surface area (Å²) < 4.78 is 0. The summed E-state index contributed by atoms with van der Waals surface area (Å²) in [5, 5.41) is 3.27. The minimum Gasteiger partial charge on any atom is -0.339 e. The lowest BCUT2D eigenvalue weighted by atomic mass is 10.1. The van der Waals surface area contributed by atoms with Gasteiger partial charge in [0.1, 0.15) is 13.1 Å². The molecule has 3 heteroatoms. The lowest BCUT2D eigenvalue weighted by Gasteiger charge is -2.07. The molecule has 0 unspecified atom stereocenters. The fourth-order valence-electron chi connectivity index (χ4n) is 2.89. The van der Waals surface area contributed by atoms with Crippen molar-refractivity contribution in [2.75, 3.05) is 0 Å². The maximum atomic E-state index is 12.2. The molecule has 0 atom stereocenters. The van der Waals surface area contributed by atoms with E-state index in [-0.39, 0.29) is 5.56 Å². The summed E-state index contributed by atoms with van der Waals surface area (Å²) in [6, 6.07) is 16.5. The van der Waals surface area contributed by atoms with Crippen molar-refractivity contribution in [1.82, 2.24) is 4.98 Å². The molecule has 3 N–H and O–H groups in total. The first kappa shape index (κ1) is 14.5. The van der Waals surface area contributed by atoms with Crippen LogP contribution in [0.25, 0.3) is 10.9 Å². The molecule has 2 aromatic carbocycles. The normalized spacial score (nSPS) is 11.0. The lowest BCUT2D eigenvalue weighted by Crippen LogP contribution is -2.81. The predicted molar refractivity (Wildman–Crippen MR) is 89.8 cm³/mol. The van der Waals surface area contributed by atoms with E-state index < -0.39 is 0 Å². The first-order valence-corrected chi connectivity index (χ1v) is 7.62. The smallest absolute Gasteiger partial charge is 0.257 e. The standard InChI is InChI=1S/C19H20N2O/c1-13-8-14(2)18-16(9-13)10-17(19(22)21-18)12-20-11-15-6-4-3-5-7-15/h3-10,20H,11-12H2,1-2H3,(H,21,22)/p+1. The molecule has 3 nitrogen and oxygen atoms in total. The fourth-order valence-corrected chi connectivity index (χ4v) is 2.89. The third-order valence-corrected chi connectivity index (χ3v) is 3.96. The molecule has 0 bridgehead atoms. The van der Waals surface area contributed by atoms with Crippen LogP contribution in [0.1, 0.15) is 22.3 Å². The van der Waals surface area contributed by atoms with Crippen molar-refractivity contribution in [2.24, 2.45) is 0 Å². The quantitative estimate of drug-likeness (QED) is 0.762. The zero-order chi connectivity index (χ0) is 15.5. The van der Waals surface area contributed by atoms with E-state index in [1.165, 1.54) is 11.1 Å². The van der Waals surface area contributed by atoms with Gasteiger partial charge in [-0.2, -0.15) is 0 Å². The topological polar surface area (TPSA) is 49.5 Å². The first-order valence-electron chi connectivity index (χ1n) is 7.62. The average Bonchev–Trinajstić information content (AvgIpc) is 2.50.